The fraction of sp³-hybridized carbons (Fsp3) is 1.00. The molecule has 2 aliphatic heterocycles. The first-order chi connectivity index (χ1) is 7.95. The standard InChI is InChI=1S/C12H24N2S2/c1-2-6-13(5-1)9-11-15-16-12-10-14-7-3-4-8-14/h1-12H2. The zero-order valence-electron chi connectivity index (χ0n) is 10.2. The summed E-state index contributed by atoms with van der Waals surface area (Å²) >= 11 is 0. The summed E-state index contributed by atoms with van der Waals surface area (Å²) in [5.41, 5.74) is 0. The molecule has 0 amide bonds. The molecular weight excluding hydrogens is 236 g/mol. The lowest BCUT2D eigenvalue weighted by molar-refractivity contribution is 0.361. The van der Waals surface area contributed by atoms with Crippen LogP contribution in [0.5, 0.6) is 0 Å². The smallest absolute Gasteiger partial charge is 0.0165 e. The van der Waals surface area contributed by atoms with E-state index in [4.69, 9.17) is 0 Å². The summed E-state index contributed by atoms with van der Waals surface area (Å²) in [7, 11) is 4.14. The molecule has 0 unspecified atom stereocenters. The third-order valence-electron chi connectivity index (χ3n) is 3.46. The number of rotatable bonds is 7. The Kier molecular flexibility index (Phi) is 6.41. The topological polar surface area (TPSA) is 6.48 Å². The molecule has 16 heavy (non-hydrogen) atoms. The van der Waals surface area contributed by atoms with Gasteiger partial charge in [0.1, 0.15) is 0 Å². The number of likely N-dealkylation sites (tertiary alicyclic amines) is 2. The van der Waals surface area contributed by atoms with E-state index in [9.17, 15) is 0 Å². The van der Waals surface area contributed by atoms with Crippen molar-refractivity contribution in [3.63, 3.8) is 0 Å². The van der Waals surface area contributed by atoms with E-state index in [1.54, 1.807) is 0 Å². The minimum Gasteiger partial charge on any atom is -0.302 e. The molecule has 0 aliphatic carbocycles. The van der Waals surface area contributed by atoms with Gasteiger partial charge in [0.15, 0.2) is 0 Å². The Bertz CT molecular complexity index is 158. The summed E-state index contributed by atoms with van der Waals surface area (Å²) in [6, 6.07) is 0. The van der Waals surface area contributed by atoms with Crippen molar-refractivity contribution < 1.29 is 0 Å². The van der Waals surface area contributed by atoms with Gasteiger partial charge in [-0.25, -0.2) is 0 Å². The van der Waals surface area contributed by atoms with Gasteiger partial charge >= 0.3 is 0 Å². The molecule has 0 spiro atoms. The lowest BCUT2D eigenvalue weighted by Crippen LogP contribution is -2.22. The second-order valence-corrected chi connectivity index (χ2v) is 7.44. The second kappa shape index (κ2) is 7.85. The summed E-state index contributed by atoms with van der Waals surface area (Å²) in [6.45, 7) is 8.00. The van der Waals surface area contributed by atoms with Crippen LogP contribution in [0, 0.1) is 0 Å². The van der Waals surface area contributed by atoms with E-state index >= 15 is 0 Å². The van der Waals surface area contributed by atoms with Gasteiger partial charge in [0.2, 0.25) is 0 Å². The third-order valence-corrected chi connectivity index (χ3v) is 5.83. The number of nitrogens with zero attached hydrogens (tertiary/aromatic N) is 2. The highest BCUT2D eigenvalue weighted by Gasteiger charge is 2.11. The quantitative estimate of drug-likeness (QED) is 0.512. The highest BCUT2D eigenvalue weighted by atomic mass is 33.1. The van der Waals surface area contributed by atoms with Crippen LogP contribution in [0.2, 0.25) is 0 Å². The van der Waals surface area contributed by atoms with Gasteiger partial charge in [0.05, 0.1) is 0 Å². The fourth-order valence-electron chi connectivity index (χ4n) is 2.46. The Labute approximate surface area is 108 Å². The lowest BCUT2D eigenvalue weighted by Gasteiger charge is -2.15. The molecule has 0 bridgehead atoms. The lowest BCUT2D eigenvalue weighted by atomic mass is 10.4. The summed E-state index contributed by atoms with van der Waals surface area (Å²) in [5, 5.41) is 0. The zero-order chi connectivity index (χ0) is 11.1. The van der Waals surface area contributed by atoms with E-state index in [1.807, 2.05) is 0 Å². The van der Waals surface area contributed by atoms with Crippen molar-refractivity contribution in [3.05, 3.63) is 0 Å². The number of hydrogen-bond donors (Lipinski definition) is 0. The van der Waals surface area contributed by atoms with Crippen molar-refractivity contribution in [2.45, 2.75) is 25.7 Å². The summed E-state index contributed by atoms with van der Waals surface area (Å²) in [5.74, 6) is 2.62. The first kappa shape index (κ1) is 13.1. The molecule has 0 radical (unpaired) electrons. The maximum absolute atomic E-state index is 2.61. The van der Waals surface area contributed by atoms with Gasteiger partial charge in [0, 0.05) is 24.6 Å². The Morgan fingerprint density at radius 1 is 0.625 bits per heavy atom. The Balaban J connectivity index is 1.37. The van der Waals surface area contributed by atoms with Crippen LogP contribution in [0.4, 0.5) is 0 Å². The molecule has 0 aromatic carbocycles. The molecule has 0 aromatic heterocycles. The van der Waals surface area contributed by atoms with Gasteiger partial charge in [-0.15, -0.1) is 0 Å². The minimum atomic E-state index is 1.31. The monoisotopic (exact) mass is 260 g/mol. The second-order valence-electron chi connectivity index (χ2n) is 4.74. The first-order valence-electron chi connectivity index (χ1n) is 6.64. The SMILES string of the molecule is C1CCN(CCSSCCN2CCCC2)C1. The maximum Gasteiger partial charge on any atom is 0.0165 e. The average molecular weight is 260 g/mol. The molecule has 2 saturated heterocycles. The molecule has 94 valence electrons. The van der Waals surface area contributed by atoms with Crippen molar-refractivity contribution >= 4 is 21.6 Å². The normalized spacial score (nSPS) is 23.2. The van der Waals surface area contributed by atoms with Crippen LogP contribution in [-0.2, 0) is 0 Å². The van der Waals surface area contributed by atoms with Gasteiger partial charge in [-0.05, 0) is 51.9 Å². The fourth-order valence-corrected chi connectivity index (χ4v) is 4.52. The number of hydrogen-bond acceptors (Lipinski definition) is 4. The molecule has 0 N–H and O–H groups in total. The summed E-state index contributed by atoms with van der Waals surface area (Å²) < 4.78 is 0. The van der Waals surface area contributed by atoms with Crippen molar-refractivity contribution in [2.24, 2.45) is 0 Å². The Morgan fingerprint density at radius 3 is 1.38 bits per heavy atom. The average Bonchev–Trinajstić information content (AvgIpc) is 2.96. The predicted molar refractivity (Wildman–Crippen MR) is 76.3 cm³/mol. The minimum absolute atomic E-state index is 1.31. The van der Waals surface area contributed by atoms with E-state index in [1.165, 1.54) is 76.5 Å². The summed E-state index contributed by atoms with van der Waals surface area (Å²) in [4.78, 5) is 5.21. The molecule has 2 aliphatic rings. The van der Waals surface area contributed by atoms with Gasteiger partial charge in [-0.1, -0.05) is 21.6 Å². The van der Waals surface area contributed by atoms with E-state index in [0.717, 1.165) is 0 Å². The Hall–Kier alpha value is 0.620. The molecule has 2 rings (SSSR count). The molecule has 0 aromatic rings. The van der Waals surface area contributed by atoms with Crippen LogP contribution >= 0.6 is 21.6 Å². The van der Waals surface area contributed by atoms with Crippen LogP contribution in [0.15, 0.2) is 0 Å². The highest BCUT2D eigenvalue weighted by molar-refractivity contribution is 8.76. The third kappa shape index (κ3) is 4.86. The zero-order valence-corrected chi connectivity index (χ0v) is 11.8. The van der Waals surface area contributed by atoms with Gasteiger partial charge in [0.25, 0.3) is 0 Å². The summed E-state index contributed by atoms with van der Waals surface area (Å²) in [6.07, 6.45) is 5.69. The van der Waals surface area contributed by atoms with Crippen LogP contribution in [0.25, 0.3) is 0 Å². The van der Waals surface area contributed by atoms with Crippen molar-refractivity contribution in [2.75, 3.05) is 50.8 Å². The van der Waals surface area contributed by atoms with Crippen LogP contribution < -0.4 is 0 Å². The molecule has 4 heteroatoms. The molecule has 2 nitrogen and oxygen atoms in total. The molecule has 2 heterocycles. The molecule has 0 atom stereocenters. The van der Waals surface area contributed by atoms with Gasteiger partial charge in [-0.2, -0.15) is 0 Å². The Morgan fingerprint density at radius 2 is 1.00 bits per heavy atom. The van der Waals surface area contributed by atoms with Crippen LogP contribution in [-0.4, -0.2) is 60.6 Å². The van der Waals surface area contributed by atoms with E-state index in [2.05, 4.69) is 31.4 Å². The van der Waals surface area contributed by atoms with Crippen LogP contribution in [0.3, 0.4) is 0 Å². The van der Waals surface area contributed by atoms with Crippen molar-refractivity contribution in [1.29, 1.82) is 0 Å². The van der Waals surface area contributed by atoms with Crippen molar-refractivity contribution in [3.8, 4) is 0 Å². The van der Waals surface area contributed by atoms with Crippen LogP contribution in [0.1, 0.15) is 25.7 Å². The maximum atomic E-state index is 2.61. The molecule has 0 saturated carbocycles. The van der Waals surface area contributed by atoms with Gasteiger partial charge in [-0.3, -0.25) is 0 Å². The largest absolute Gasteiger partial charge is 0.302 e. The molecular formula is C12H24N2S2. The van der Waals surface area contributed by atoms with E-state index in [0.29, 0.717) is 0 Å². The van der Waals surface area contributed by atoms with E-state index in [-0.39, 0.29) is 0 Å². The molecule has 2 fully saturated rings. The van der Waals surface area contributed by atoms with Crippen molar-refractivity contribution in [1.82, 2.24) is 9.80 Å². The van der Waals surface area contributed by atoms with Gasteiger partial charge < -0.3 is 9.80 Å². The predicted octanol–water partition coefficient (Wildman–Crippen LogP) is 2.56. The first-order valence-corrected chi connectivity index (χ1v) is 9.13. The van der Waals surface area contributed by atoms with E-state index < -0.39 is 0 Å². The highest BCUT2D eigenvalue weighted by Crippen LogP contribution is 2.22.